The first kappa shape index (κ1) is 22.8. The highest BCUT2D eigenvalue weighted by molar-refractivity contribution is 7.10. The van der Waals surface area contributed by atoms with E-state index in [9.17, 15) is 27.5 Å². The zero-order valence-electron chi connectivity index (χ0n) is 17.6. The van der Waals surface area contributed by atoms with Crippen LogP contribution in [0.5, 0.6) is 0 Å². The van der Waals surface area contributed by atoms with Crippen molar-refractivity contribution < 1.29 is 27.5 Å². The number of anilines is 1. The summed E-state index contributed by atoms with van der Waals surface area (Å²) >= 11 is 1.10. The number of nitrogens with zero attached hydrogens (tertiary/aromatic N) is 2. The number of aryl methyl sites for hydroxylation is 1. The Bertz CT molecular complexity index is 1080. The minimum absolute atomic E-state index is 0.0255. The Morgan fingerprint density at radius 3 is 2.66 bits per heavy atom. The van der Waals surface area contributed by atoms with Crippen molar-refractivity contribution in [2.24, 2.45) is 4.99 Å². The topological polar surface area (TPSA) is 74.6 Å². The van der Waals surface area contributed by atoms with Gasteiger partial charge in [0.2, 0.25) is 0 Å². The number of alkyl halides is 3. The van der Waals surface area contributed by atoms with Crippen LogP contribution in [0.1, 0.15) is 72.0 Å². The molecule has 2 aromatic rings. The predicted molar refractivity (Wildman–Crippen MR) is 114 cm³/mol. The van der Waals surface area contributed by atoms with E-state index in [4.69, 9.17) is 0 Å². The monoisotopic (exact) mass is 469 g/mol. The summed E-state index contributed by atoms with van der Waals surface area (Å²) in [5.41, 5.74) is -0.804. The van der Waals surface area contributed by atoms with Gasteiger partial charge in [0.05, 0.1) is 11.3 Å². The van der Waals surface area contributed by atoms with Gasteiger partial charge >= 0.3 is 12.2 Å². The van der Waals surface area contributed by atoms with Crippen molar-refractivity contribution in [3.63, 3.8) is 0 Å². The molecule has 1 fully saturated rings. The van der Waals surface area contributed by atoms with Gasteiger partial charge in [0.25, 0.3) is 0 Å². The van der Waals surface area contributed by atoms with Crippen LogP contribution in [-0.4, -0.2) is 22.3 Å². The summed E-state index contributed by atoms with van der Waals surface area (Å²) in [7, 11) is 0. The van der Waals surface area contributed by atoms with E-state index in [2.05, 4.69) is 15.3 Å². The van der Waals surface area contributed by atoms with E-state index in [0.717, 1.165) is 11.3 Å². The summed E-state index contributed by atoms with van der Waals surface area (Å²) in [4.78, 5) is 20.5. The van der Waals surface area contributed by atoms with Crippen molar-refractivity contribution in [2.75, 3.05) is 5.32 Å². The van der Waals surface area contributed by atoms with Crippen molar-refractivity contribution in [3.8, 4) is 0 Å². The van der Waals surface area contributed by atoms with Gasteiger partial charge in [-0.2, -0.15) is 13.2 Å². The highest BCUT2D eigenvalue weighted by Crippen LogP contribution is 2.50. The smallest absolute Gasteiger partial charge is 0.386 e. The van der Waals surface area contributed by atoms with Crippen molar-refractivity contribution in [1.82, 2.24) is 4.98 Å². The molecular weight excluding hydrogens is 446 g/mol. The van der Waals surface area contributed by atoms with Gasteiger partial charge in [-0.1, -0.05) is 0 Å². The lowest BCUT2D eigenvalue weighted by molar-refractivity contribution is -0.141. The number of amides is 2. The van der Waals surface area contributed by atoms with E-state index < -0.39 is 29.3 Å². The summed E-state index contributed by atoms with van der Waals surface area (Å²) < 4.78 is 55.5. The Morgan fingerprint density at radius 2 is 2.06 bits per heavy atom. The van der Waals surface area contributed by atoms with Crippen LogP contribution in [0, 0.1) is 5.82 Å². The van der Waals surface area contributed by atoms with Crippen molar-refractivity contribution in [1.29, 1.82) is 0 Å². The van der Waals surface area contributed by atoms with E-state index in [0.29, 0.717) is 48.2 Å². The van der Waals surface area contributed by atoms with Gasteiger partial charge in [0.15, 0.2) is 0 Å². The maximum absolute atomic E-state index is 14.4. The molecule has 2 aliphatic rings. The molecule has 10 heteroatoms. The molecule has 172 valence electrons. The second-order valence-corrected chi connectivity index (χ2v) is 9.66. The number of hydrogen-bond donors (Lipinski definition) is 2. The van der Waals surface area contributed by atoms with E-state index in [1.807, 2.05) is 0 Å². The number of fused-ring (bicyclic) bond motifs is 1. The van der Waals surface area contributed by atoms with Gasteiger partial charge in [-0.3, -0.25) is 0 Å². The Kier molecular flexibility index (Phi) is 5.87. The van der Waals surface area contributed by atoms with Crippen LogP contribution < -0.4 is 5.32 Å². The van der Waals surface area contributed by atoms with Gasteiger partial charge in [0, 0.05) is 39.7 Å². The Hall–Kier alpha value is -2.33. The Morgan fingerprint density at radius 1 is 1.34 bits per heavy atom. The van der Waals surface area contributed by atoms with Crippen LogP contribution >= 0.6 is 11.3 Å². The summed E-state index contributed by atoms with van der Waals surface area (Å²) in [6.07, 6.45) is -0.433. The fraction of sp³-hybridized carbons (Fsp3) is 0.500. The number of aromatic nitrogens is 1. The molecular formula is C22H23F4N3O2S. The van der Waals surface area contributed by atoms with Gasteiger partial charge in [-0.15, -0.1) is 11.3 Å². The van der Waals surface area contributed by atoms with Crippen LogP contribution in [0.15, 0.2) is 10.4 Å². The van der Waals surface area contributed by atoms with E-state index in [1.165, 1.54) is 25.4 Å². The van der Waals surface area contributed by atoms with Crippen LogP contribution in [0.3, 0.4) is 0 Å². The highest BCUT2D eigenvalue weighted by atomic mass is 32.1. The summed E-state index contributed by atoms with van der Waals surface area (Å²) in [5, 5.41) is 14.1. The number of thiophene rings is 1. The molecule has 0 unspecified atom stereocenters. The zero-order chi connectivity index (χ0) is 23.3. The molecule has 4 rings (SSSR count). The average molecular weight is 470 g/mol. The Labute approximate surface area is 186 Å². The number of halogens is 4. The van der Waals surface area contributed by atoms with Gasteiger partial charge in [0.1, 0.15) is 11.5 Å². The van der Waals surface area contributed by atoms with Gasteiger partial charge in [-0.25, -0.2) is 19.2 Å². The molecule has 0 aliphatic heterocycles. The quantitative estimate of drug-likeness (QED) is 0.433. The molecule has 1 saturated carbocycles. The second kappa shape index (κ2) is 8.22. The molecule has 2 aliphatic carbocycles. The van der Waals surface area contributed by atoms with Crippen LogP contribution in [0.4, 0.5) is 28.0 Å². The van der Waals surface area contributed by atoms with Gasteiger partial charge < -0.3 is 10.4 Å². The third kappa shape index (κ3) is 4.56. The van der Waals surface area contributed by atoms with E-state index >= 15 is 0 Å². The number of rotatable bonds is 5. The lowest BCUT2D eigenvalue weighted by atomic mass is 10.00. The van der Waals surface area contributed by atoms with Crippen molar-refractivity contribution in [2.45, 2.75) is 70.1 Å². The summed E-state index contributed by atoms with van der Waals surface area (Å²) in [5.74, 6) is -0.822. The lowest BCUT2D eigenvalue weighted by Crippen LogP contribution is -2.19. The fourth-order valence-electron chi connectivity index (χ4n) is 4.01. The molecule has 0 spiro atoms. The van der Waals surface area contributed by atoms with Gasteiger partial charge in [-0.05, 0) is 57.4 Å². The average Bonchev–Trinajstić information content (AvgIpc) is 3.27. The number of carbonyl (C=O) groups excluding carboxylic acids is 1. The minimum atomic E-state index is -4.60. The van der Waals surface area contributed by atoms with Crippen LogP contribution in [-0.2, 0) is 31.0 Å². The molecule has 0 bridgehead atoms. The van der Waals surface area contributed by atoms with E-state index in [1.54, 1.807) is 0 Å². The maximum Gasteiger partial charge on any atom is 0.433 e. The van der Waals surface area contributed by atoms with Crippen LogP contribution in [0.25, 0.3) is 0 Å². The molecule has 0 saturated heterocycles. The third-order valence-electron chi connectivity index (χ3n) is 5.69. The summed E-state index contributed by atoms with van der Waals surface area (Å²) in [6.45, 7) is 2.95. The normalized spacial score (nSPS) is 16.6. The standard InChI is InChI=1S/C22H23F4N3O2S/c1-21(2,31)13-10-32-15(17(13)23)8-9-27-20(30)29-18-12-4-3-5-14(12)28-19(22(24,25)26)16(18)11-6-7-11/h9-11,31H,3-8H2,1-2H3,(H,28,29,30). The first-order chi connectivity index (χ1) is 15.0. The lowest BCUT2D eigenvalue weighted by Gasteiger charge is -2.19. The number of urea groups is 1. The molecule has 0 atom stereocenters. The minimum Gasteiger partial charge on any atom is -0.386 e. The van der Waals surface area contributed by atoms with Crippen LogP contribution in [0.2, 0.25) is 0 Å². The molecule has 0 radical (unpaired) electrons. The predicted octanol–water partition coefficient (Wildman–Crippen LogP) is 5.74. The maximum atomic E-state index is 14.4. The molecule has 5 nitrogen and oxygen atoms in total. The number of hydrogen-bond acceptors (Lipinski definition) is 4. The fourth-order valence-corrected chi connectivity index (χ4v) is 5.05. The largest absolute Gasteiger partial charge is 0.433 e. The molecule has 2 N–H and O–H groups in total. The summed E-state index contributed by atoms with van der Waals surface area (Å²) in [6, 6.07) is -0.806. The third-order valence-corrected chi connectivity index (χ3v) is 6.68. The number of carbonyl (C=O) groups is 1. The molecule has 0 aromatic carbocycles. The van der Waals surface area contributed by atoms with Crippen molar-refractivity contribution in [3.05, 3.63) is 44.2 Å². The zero-order valence-corrected chi connectivity index (χ0v) is 18.5. The van der Waals surface area contributed by atoms with E-state index in [-0.39, 0.29) is 29.2 Å². The Balaban J connectivity index is 1.56. The highest BCUT2D eigenvalue weighted by Gasteiger charge is 2.43. The van der Waals surface area contributed by atoms with Crippen molar-refractivity contribution >= 4 is 29.3 Å². The number of aliphatic imine (C=N–C) groups is 1. The number of aliphatic hydroxyl groups is 1. The SMILES string of the molecule is CC(C)(O)c1csc(CC=NC(=O)Nc2c3c(nc(C(F)(F)F)c2C2CC2)CCC3)c1F. The number of pyridine rings is 1. The molecule has 2 heterocycles. The number of nitrogens with one attached hydrogen (secondary N) is 1. The second-order valence-electron chi connectivity index (χ2n) is 8.69. The first-order valence-corrected chi connectivity index (χ1v) is 11.3. The first-order valence-electron chi connectivity index (χ1n) is 10.4. The molecule has 2 aromatic heterocycles. The molecule has 2 amide bonds. The molecule has 32 heavy (non-hydrogen) atoms.